The van der Waals surface area contributed by atoms with Gasteiger partial charge in [-0.05, 0) is 25.7 Å². The smallest absolute Gasteiger partial charge is 0.344 e. The standard InChI is InChI=1S/C24H28N2O5S2/c1-2-10-18(21-22(27)17-13-8-3-4-9-14-19(17)31-24(21)28)26-33(29,30)20-15-32-23(25-20)16-11-6-5-7-12-16/h5-7,11-12,15,18,26-27H,2-4,8-10,13-14H2,1H3. The zero-order valence-electron chi connectivity index (χ0n) is 18.5. The molecule has 0 aliphatic heterocycles. The van der Waals surface area contributed by atoms with Gasteiger partial charge in [-0.2, -0.15) is 0 Å². The summed E-state index contributed by atoms with van der Waals surface area (Å²) in [6.07, 6.45) is 6.04. The number of sulfonamides is 1. The Morgan fingerprint density at radius 3 is 2.61 bits per heavy atom. The summed E-state index contributed by atoms with van der Waals surface area (Å²) in [6.45, 7) is 1.89. The van der Waals surface area contributed by atoms with Gasteiger partial charge in [0, 0.05) is 22.9 Å². The number of nitrogens with one attached hydrogen (secondary N) is 1. The first-order valence-electron chi connectivity index (χ1n) is 11.3. The lowest BCUT2D eigenvalue weighted by molar-refractivity contribution is 0.375. The first-order valence-corrected chi connectivity index (χ1v) is 13.7. The molecule has 0 saturated carbocycles. The van der Waals surface area contributed by atoms with Crippen LogP contribution in [0.5, 0.6) is 5.75 Å². The van der Waals surface area contributed by atoms with Crippen molar-refractivity contribution < 1.29 is 17.9 Å². The summed E-state index contributed by atoms with van der Waals surface area (Å²) in [7, 11) is -4.03. The van der Waals surface area contributed by atoms with E-state index in [1.54, 1.807) is 0 Å². The molecule has 0 amide bonds. The Morgan fingerprint density at radius 2 is 1.88 bits per heavy atom. The molecule has 1 unspecified atom stereocenters. The summed E-state index contributed by atoms with van der Waals surface area (Å²) >= 11 is 1.24. The molecule has 0 spiro atoms. The lowest BCUT2D eigenvalue weighted by Gasteiger charge is -2.21. The van der Waals surface area contributed by atoms with Crippen LogP contribution in [0.1, 0.15) is 68.4 Å². The van der Waals surface area contributed by atoms with Crippen LogP contribution >= 0.6 is 11.3 Å². The highest BCUT2D eigenvalue weighted by atomic mass is 32.2. The fourth-order valence-corrected chi connectivity index (χ4v) is 6.56. The van der Waals surface area contributed by atoms with E-state index in [1.165, 1.54) is 16.7 Å². The van der Waals surface area contributed by atoms with Crippen molar-refractivity contribution in [2.24, 2.45) is 0 Å². The molecule has 176 valence electrons. The zero-order chi connectivity index (χ0) is 23.4. The maximum Gasteiger partial charge on any atom is 0.344 e. The second kappa shape index (κ2) is 10.2. The predicted octanol–water partition coefficient (Wildman–Crippen LogP) is 4.95. The first-order chi connectivity index (χ1) is 15.9. The van der Waals surface area contributed by atoms with Gasteiger partial charge in [-0.15, -0.1) is 11.3 Å². The minimum Gasteiger partial charge on any atom is -0.507 e. The molecule has 1 aliphatic rings. The van der Waals surface area contributed by atoms with Crippen LogP contribution in [0, 0.1) is 0 Å². The van der Waals surface area contributed by atoms with E-state index in [4.69, 9.17) is 4.42 Å². The lowest BCUT2D eigenvalue weighted by atomic mass is 9.94. The van der Waals surface area contributed by atoms with E-state index in [0.29, 0.717) is 42.0 Å². The minimum atomic E-state index is -4.03. The maximum atomic E-state index is 13.2. The number of hydrogen-bond donors (Lipinski definition) is 2. The molecule has 0 radical (unpaired) electrons. The molecule has 1 aromatic carbocycles. The number of fused-ring (bicyclic) bond motifs is 1. The van der Waals surface area contributed by atoms with Gasteiger partial charge in [0.05, 0.1) is 11.6 Å². The highest BCUT2D eigenvalue weighted by Crippen LogP contribution is 2.34. The summed E-state index contributed by atoms with van der Waals surface area (Å²) in [5.41, 5.74) is 0.758. The van der Waals surface area contributed by atoms with Crippen LogP contribution in [0.25, 0.3) is 10.6 Å². The highest BCUT2D eigenvalue weighted by Gasteiger charge is 2.30. The number of rotatable bonds is 7. The Balaban J connectivity index is 1.68. The van der Waals surface area contributed by atoms with Crippen molar-refractivity contribution in [2.45, 2.75) is 69.4 Å². The van der Waals surface area contributed by atoms with Crippen molar-refractivity contribution in [1.82, 2.24) is 9.71 Å². The molecule has 33 heavy (non-hydrogen) atoms. The Hall–Kier alpha value is -2.49. The third-order valence-electron chi connectivity index (χ3n) is 5.90. The molecule has 7 nitrogen and oxygen atoms in total. The van der Waals surface area contributed by atoms with Gasteiger partial charge in [0.15, 0.2) is 5.03 Å². The van der Waals surface area contributed by atoms with Crippen molar-refractivity contribution in [3.63, 3.8) is 0 Å². The summed E-state index contributed by atoms with van der Waals surface area (Å²) in [5.74, 6) is 0.388. The van der Waals surface area contributed by atoms with Gasteiger partial charge in [0.1, 0.15) is 16.5 Å². The fourth-order valence-electron chi connectivity index (χ4n) is 4.22. The number of hydrogen-bond acceptors (Lipinski definition) is 7. The molecular formula is C24H28N2O5S2. The molecule has 0 fully saturated rings. The Kier molecular flexibility index (Phi) is 7.31. The topological polar surface area (TPSA) is 110 Å². The van der Waals surface area contributed by atoms with Gasteiger partial charge in [-0.25, -0.2) is 22.9 Å². The number of aromatic nitrogens is 1. The molecule has 1 aliphatic carbocycles. The van der Waals surface area contributed by atoms with Gasteiger partial charge >= 0.3 is 5.63 Å². The molecule has 3 aromatic rings. The largest absolute Gasteiger partial charge is 0.507 e. The van der Waals surface area contributed by atoms with E-state index in [9.17, 15) is 18.3 Å². The van der Waals surface area contributed by atoms with Gasteiger partial charge < -0.3 is 9.52 Å². The summed E-state index contributed by atoms with van der Waals surface area (Å²) in [4.78, 5) is 17.2. The monoisotopic (exact) mass is 488 g/mol. The average molecular weight is 489 g/mol. The van der Waals surface area contributed by atoms with E-state index in [-0.39, 0.29) is 16.3 Å². The van der Waals surface area contributed by atoms with Crippen LogP contribution in [0.2, 0.25) is 0 Å². The molecule has 1 atom stereocenters. The second-order valence-electron chi connectivity index (χ2n) is 8.29. The second-order valence-corrected chi connectivity index (χ2v) is 10.8. The quantitative estimate of drug-likeness (QED) is 0.487. The third-order valence-corrected chi connectivity index (χ3v) is 8.29. The van der Waals surface area contributed by atoms with Crippen LogP contribution < -0.4 is 10.3 Å². The van der Waals surface area contributed by atoms with Gasteiger partial charge in [-0.1, -0.05) is 56.5 Å². The van der Waals surface area contributed by atoms with Crippen molar-refractivity contribution in [3.8, 4) is 16.3 Å². The molecule has 2 heterocycles. The van der Waals surface area contributed by atoms with E-state index < -0.39 is 21.7 Å². The predicted molar refractivity (Wildman–Crippen MR) is 128 cm³/mol. The van der Waals surface area contributed by atoms with E-state index in [1.807, 2.05) is 37.3 Å². The molecule has 4 rings (SSSR count). The minimum absolute atomic E-state index is 0.0155. The van der Waals surface area contributed by atoms with Crippen LogP contribution in [0.4, 0.5) is 0 Å². The number of nitrogens with zero attached hydrogens (tertiary/aromatic N) is 1. The summed E-state index contributed by atoms with van der Waals surface area (Å²) in [5, 5.41) is 13.0. The summed E-state index contributed by atoms with van der Waals surface area (Å²) in [6, 6.07) is 8.43. The number of benzene rings is 1. The Bertz CT molecular complexity index is 1270. The van der Waals surface area contributed by atoms with Crippen LogP contribution in [0.3, 0.4) is 0 Å². The van der Waals surface area contributed by atoms with Gasteiger partial charge in [0.2, 0.25) is 0 Å². The molecular weight excluding hydrogens is 460 g/mol. The Morgan fingerprint density at radius 1 is 1.15 bits per heavy atom. The van der Waals surface area contributed by atoms with E-state index in [0.717, 1.165) is 31.2 Å². The molecule has 0 saturated heterocycles. The van der Waals surface area contributed by atoms with Crippen LogP contribution in [-0.2, 0) is 22.9 Å². The highest BCUT2D eigenvalue weighted by molar-refractivity contribution is 7.89. The van der Waals surface area contributed by atoms with E-state index >= 15 is 0 Å². The molecule has 2 N–H and O–H groups in total. The maximum absolute atomic E-state index is 13.2. The third kappa shape index (κ3) is 5.20. The van der Waals surface area contributed by atoms with Crippen LogP contribution in [-0.4, -0.2) is 18.5 Å². The molecule has 0 bridgehead atoms. The fraction of sp³-hybridized carbons (Fsp3) is 0.417. The normalized spacial score (nSPS) is 15.4. The molecule has 2 aromatic heterocycles. The van der Waals surface area contributed by atoms with Gasteiger partial charge in [-0.3, -0.25) is 0 Å². The van der Waals surface area contributed by atoms with Gasteiger partial charge in [0.25, 0.3) is 10.0 Å². The van der Waals surface area contributed by atoms with Crippen molar-refractivity contribution >= 4 is 21.4 Å². The van der Waals surface area contributed by atoms with Crippen LogP contribution in [0.15, 0.2) is 49.9 Å². The van der Waals surface area contributed by atoms with E-state index in [2.05, 4.69) is 9.71 Å². The summed E-state index contributed by atoms with van der Waals surface area (Å²) < 4.78 is 34.5. The zero-order valence-corrected chi connectivity index (χ0v) is 20.2. The SMILES string of the molecule is CCCC(NS(=O)(=O)c1csc(-c2ccccc2)n1)c1c(O)c2c(oc1=O)CCCCCC2. The number of aryl methyl sites for hydroxylation is 1. The number of aromatic hydroxyl groups is 1. The van der Waals surface area contributed by atoms with Crippen molar-refractivity contribution in [3.05, 3.63) is 63.0 Å². The van der Waals surface area contributed by atoms with Crippen molar-refractivity contribution in [1.29, 1.82) is 0 Å². The first kappa shape index (κ1) is 23.7. The molecule has 9 heteroatoms. The Labute approximate surface area is 197 Å². The number of thiazole rings is 1. The average Bonchev–Trinajstić information content (AvgIpc) is 3.27. The lowest BCUT2D eigenvalue weighted by Crippen LogP contribution is -2.32. The van der Waals surface area contributed by atoms with Crippen molar-refractivity contribution in [2.75, 3.05) is 0 Å².